The van der Waals surface area contributed by atoms with Crippen LogP contribution >= 0.6 is 58.0 Å². The number of hydrogen-bond acceptors (Lipinski definition) is 13. The molecule has 0 amide bonds. The van der Waals surface area contributed by atoms with Gasteiger partial charge in [0.25, 0.3) is 0 Å². The predicted molar refractivity (Wildman–Crippen MR) is 397 cm³/mol. The van der Waals surface area contributed by atoms with E-state index < -0.39 is 11.5 Å². The van der Waals surface area contributed by atoms with Crippen LogP contribution in [0, 0.1) is 30.5 Å². The molecule has 99 heavy (non-hydrogen) atoms. The molecule has 0 aliphatic carbocycles. The summed E-state index contributed by atoms with van der Waals surface area (Å²) in [5, 5.41) is 11.6. The number of rotatable bonds is 23. The number of aldehydes is 1. The van der Waals surface area contributed by atoms with Gasteiger partial charge in [-0.25, -0.2) is 9.18 Å². The first-order valence-corrected chi connectivity index (χ1v) is 37.5. The van der Waals surface area contributed by atoms with E-state index in [0.717, 1.165) is 212 Å². The highest BCUT2D eigenvalue weighted by Gasteiger charge is 2.36. The SMILES string of the molecule is CC(=O)c1ccccc1CN1CCC(CN2CCC(Oc3ccc(Cl)c(Cl)c3)CC2)CC1.Cc1cc(Cl)ccc1OC1CCN(CC2CCN([C@](C)(C=O)Cc3ccc(F)cc3)CC2)CC1.O=C(O)COc1ccc(N2CCC(CN3CCC(Oc4ccc(Cl)c(Cl)c4)CC3)CC2)cc1. The minimum atomic E-state index is -0.968. The van der Waals surface area contributed by atoms with Crippen molar-refractivity contribution in [3.05, 3.63) is 181 Å². The molecule has 0 aromatic heterocycles. The van der Waals surface area contributed by atoms with E-state index in [1.54, 1.807) is 43.3 Å². The molecule has 0 spiro atoms. The lowest BCUT2D eigenvalue weighted by molar-refractivity contribution is -0.139. The van der Waals surface area contributed by atoms with E-state index in [1.165, 1.54) is 44.4 Å². The predicted octanol–water partition coefficient (Wildman–Crippen LogP) is 16.7. The Bertz CT molecular complexity index is 3530. The largest absolute Gasteiger partial charge is 0.490 e. The van der Waals surface area contributed by atoms with Gasteiger partial charge in [0.2, 0.25) is 0 Å². The Morgan fingerprint density at radius 3 is 1.47 bits per heavy atom. The second kappa shape index (κ2) is 37.5. The number of carboxylic acids is 1. The summed E-state index contributed by atoms with van der Waals surface area (Å²) >= 11 is 30.2. The summed E-state index contributed by atoms with van der Waals surface area (Å²) in [6.45, 7) is 22.3. The Balaban J connectivity index is 0.000000161. The van der Waals surface area contributed by atoms with Crippen LogP contribution in [0.2, 0.25) is 25.1 Å². The smallest absolute Gasteiger partial charge is 0.341 e. The van der Waals surface area contributed by atoms with Crippen molar-refractivity contribution in [1.82, 2.24) is 24.5 Å². The maximum Gasteiger partial charge on any atom is 0.341 e. The van der Waals surface area contributed by atoms with E-state index in [2.05, 4.69) is 35.5 Å². The number of aryl methyl sites for hydroxylation is 1. The fourth-order valence-electron chi connectivity index (χ4n) is 14.8. The monoisotopic (exact) mass is 1450 g/mol. The number of carboxylic acid groups (broad SMARTS) is 1. The van der Waals surface area contributed by atoms with Gasteiger partial charge in [-0.15, -0.1) is 0 Å². The van der Waals surface area contributed by atoms with Gasteiger partial charge < -0.3 is 48.4 Å². The average Bonchev–Trinajstić information content (AvgIpc) is 0.856. The number of likely N-dealkylation sites (tertiary alicyclic amines) is 5. The van der Waals surface area contributed by atoms with E-state index in [9.17, 15) is 18.8 Å². The molecule has 0 bridgehead atoms. The van der Waals surface area contributed by atoms with E-state index in [-0.39, 0.29) is 36.5 Å². The summed E-state index contributed by atoms with van der Waals surface area (Å²) in [5.41, 5.74) is 4.72. The first kappa shape index (κ1) is 76.0. The second-order valence-electron chi connectivity index (χ2n) is 28.2. The van der Waals surface area contributed by atoms with E-state index in [0.29, 0.717) is 44.1 Å². The van der Waals surface area contributed by atoms with Gasteiger partial charge in [-0.2, -0.15) is 0 Å². The zero-order chi connectivity index (χ0) is 69.8. The molecule has 0 radical (unpaired) electrons. The number of Topliss-reactive ketones (excluding diaryl/α,β-unsaturated/α-hetero) is 1. The molecule has 0 saturated carbocycles. The molecule has 6 aromatic rings. The summed E-state index contributed by atoms with van der Waals surface area (Å²) in [4.78, 5) is 49.5. The van der Waals surface area contributed by atoms with Crippen molar-refractivity contribution < 1.29 is 42.8 Å². The first-order valence-electron chi connectivity index (χ1n) is 35.6. The summed E-state index contributed by atoms with van der Waals surface area (Å²) in [5.74, 6) is 4.19. The molecule has 6 aromatic carbocycles. The number of hydrogen-bond donors (Lipinski definition) is 1. The molecule has 1 N–H and O–H groups in total. The Kier molecular flexibility index (Phi) is 28.8. The van der Waals surface area contributed by atoms with Crippen LogP contribution in [-0.2, 0) is 22.6 Å². The summed E-state index contributed by atoms with van der Waals surface area (Å²) < 4.78 is 37.0. The van der Waals surface area contributed by atoms with Gasteiger partial charge in [-0.1, -0.05) is 94.4 Å². The normalized spacial score (nSPS) is 19.4. The number of halogens is 6. The highest BCUT2D eigenvalue weighted by molar-refractivity contribution is 6.42. The van der Waals surface area contributed by atoms with Crippen LogP contribution in [0.25, 0.3) is 0 Å². The third kappa shape index (κ3) is 23.4. The second-order valence-corrected chi connectivity index (χ2v) is 30.2. The molecular formula is C79H98Cl5FN6O8. The Morgan fingerprint density at radius 1 is 0.535 bits per heavy atom. The van der Waals surface area contributed by atoms with Crippen LogP contribution in [0.4, 0.5) is 10.1 Å². The van der Waals surface area contributed by atoms with Crippen molar-refractivity contribution in [2.45, 2.75) is 135 Å². The van der Waals surface area contributed by atoms with Gasteiger partial charge >= 0.3 is 5.97 Å². The summed E-state index contributed by atoms with van der Waals surface area (Å²) in [7, 11) is 0. The van der Waals surface area contributed by atoms with Crippen LogP contribution in [-0.4, -0.2) is 176 Å². The Hall–Kier alpha value is -5.69. The molecule has 6 heterocycles. The van der Waals surface area contributed by atoms with Crippen molar-refractivity contribution in [1.29, 1.82) is 0 Å². The number of nitrogens with zero attached hydrogens (tertiary/aromatic N) is 6. The molecule has 14 nitrogen and oxygen atoms in total. The van der Waals surface area contributed by atoms with Crippen LogP contribution in [0.1, 0.15) is 118 Å². The van der Waals surface area contributed by atoms with E-state index in [1.807, 2.05) is 86.6 Å². The topological polar surface area (TPSA) is 128 Å². The fraction of sp³-hybridized carbons (Fsp3) is 0.506. The third-order valence-corrected chi connectivity index (χ3v) is 22.4. The molecule has 12 rings (SSSR count). The Morgan fingerprint density at radius 2 is 1.00 bits per heavy atom. The van der Waals surface area contributed by atoms with Crippen molar-refractivity contribution in [3.63, 3.8) is 0 Å². The Labute approximate surface area is 610 Å². The number of anilines is 1. The van der Waals surface area contributed by atoms with Gasteiger partial charge in [-0.05, 0) is 244 Å². The van der Waals surface area contributed by atoms with Crippen molar-refractivity contribution in [3.8, 4) is 23.0 Å². The molecule has 1 atom stereocenters. The highest BCUT2D eigenvalue weighted by Crippen LogP contribution is 2.34. The lowest BCUT2D eigenvalue weighted by Gasteiger charge is -2.43. The number of benzene rings is 6. The molecule has 6 fully saturated rings. The molecule has 6 aliphatic heterocycles. The van der Waals surface area contributed by atoms with Gasteiger partial charge in [0.1, 0.15) is 53.4 Å². The van der Waals surface area contributed by atoms with Crippen molar-refractivity contribution in [2.75, 3.05) is 110 Å². The first-order chi connectivity index (χ1) is 47.8. The number of ketones is 1. The number of piperidine rings is 6. The quantitative estimate of drug-likeness (QED) is 0.0483. The van der Waals surface area contributed by atoms with Crippen molar-refractivity contribution in [2.24, 2.45) is 17.8 Å². The number of carbonyl (C=O) groups excluding carboxylic acids is 2. The summed E-state index contributed by atoms with van der Waals surface area (Å²) in [6.07, 6.45) is 15.6. The summed E-state index contributed by atoms with van der Waals surface area (Å²) in [6, 6.07) is 39.0. The van der Waals surface area contributed by atoms with Crippen LogP contribution in [0.5, 0.6) is 23.0 Å². The zero-order valence-electron chi connectivity index (χ0n) is 57.6. The van der Waals surface area contributed by atoms with Gasteiger partial charge in [0.05, 0.1) is 25.6 Å². The lowest BCUT2D eigenvalue weighted by Crippen LogP contribution is -2.53. The lowest BCUT2D eigenvalue weighted by atomic mass is 9.87. The highest BCUT2D eigenvalue weighted by atomic mass is 35.5. The minimum Gasteiger partial charge on any atom is -0.490 e. The molecule has 6 saturated heterocycles. The standard InChI is InChI=1S/C28H36ClFN2O2.C26H32Cl2N2O2.C25H30Cl2N2O4/c1-21-17-24(29)5-8-27(21)34-26-11-13-31(14-12-26)19-23-9-15-32(16-10-23)28(2,20-33)18-22-3-6-25(30)7-4-22;1-19(31)24-5-3-2-4-21(24)18-30-12-8-20(9-13-30)17-29-14-10-22(11-15-29)32-23-6-7-25(27)26(28)16-23;26-23-6-5-22(15-24(23)27)33-21-9-11-28(12-10-21)16-18-7-13-29(14-8-18)19-1-3-20(4-2-19)32-17-25(30)31/h3-8,17,20,23,26H,9-16,18-19H2,1-2H3;2-7,16,20,22H,8-15,17-18H2,1H3;1-6,15,18,21H,7-14,16-17H2,(H,30,31)/t28-;;/m0../s1. The van der Waals surface area contributed by atoms with E-state index >= 15 is 0 Å². The van der Waals surface area contributed by atoms with Crippen LogP contribution < -0.4 is 23.8 Å². The van der Waals surface area contributed by atoms with Crippen molar-refractivity contribution >= 4 is 81.7 Å². The minimum absolute atomic E-state index is 0.155. The molecular weight excluding hydrogens is 1360 g/mol. The molecule has 534 valence electrons. The van der Waals surface area contributed by atoms with Gasteiger partial charge in [0.15, 0.2) is 12.4 Å². The maximum atomic E-state index is 13.2. The fourth-order valence-corrected chi connectivity index (χ4v) is 15.6. The number of carbonyl (C=O) groups is 3. The van der Waals surface area contributed by atoms with Gasteiger partial charge in [0, 0.05) is 107 Å². The zero-order valence-corrected chi connectivity index (χ0v) is 61.4. The van der Waals surface area contributed by atoms with Gasteiger partial charge in [-0.3, -0.25) is 14.6 Å². The maximum absolute atomic E-state index is 13.2. The van der Waals surface area contributed by atoms with Crippen LogP contribution in [0.3, 0.4) is 0 Å². The molecule has 0 unspecified atom stereocenters. The molecule has 20 heteroatoms. The molecule has 6 aliphatic rings. The number of ether oxygens (including phenoxy) is 4. The van der Waals surface area contributed by atoms with E-state index in [4.69, 9.17) is 82.1 Å². The van der Waals surface area contributed by atoms with Crippen LogP contribution in [0.15, 0.2) is 127 Å². The third-order valence-electron chi connectivity index (χ3n) is 20.7. The average molecular weight is 1460 g/mol. The number of aliphatic carboxylic acids is 1.